The summed E-state index contributed by atoms with van der Waals surface area (Å²) < 4.78 is 38.8. The first-order chi connectivity index (χ1) is 15.3. The summed E-state index contributed by atoms with van der Waals surface area (Å²) in [5, 5.41) is 8.65. The van der Waals surface area contributed by atoms with Crippen molar-refractivity contribution >= 4 is 33.0 Å². The molecule has 0 radical (unpaired) electrons. The van der Waals surface area contributed by atoms with Crippen molar-refractivity contribution in [3.8, 4) is 10.8 Å². The maximum absolute atomic E-state index is 13.0. The second kappa shape index (κ2) is 9.36. The molecule has 0 aliphatic carbocycles. The number of aromatic nitrogens is 2. The Bertz CT molecular complexity index is 1260. The number of ether oxygens (including phenoxy) is 1. The zero-order valence-electron chi connectivity index (χ0n) is 17.3. The molecule has 0 unspecified atom stereocenters. The summed E-state index contributed by atoms with van der Waals surface area (Å²) in [5.74, 6) is -0.812. The van der Waals surface area contributed by atoms with Gasteiger partial charge < -0.3 is 14.5 Å². The number of aryl methyl sites for hydroxylation is 2. The maximum Gasteiger partial charge on any atom is 0.437 e. The second-order valence-corrected chi connectivity index (χ2v) is 10.0. The maximum atomic E-state index is 13.0. The molecule has 10 nitrogen and oxygen atoms in total. The van der Waals surface area contributed by atoms with Crippen LogP contribution in [0.2, 0.25) is 0 Å². The number of thiophene rings is 1. The first-order valence-corrected chi connectivity index (χ1v) is 12.3. The Kier molecular flexibility index (Phi) is 6.55. The number of carbonyl (C=O) groups excluding carboxylic acids is 1. The average Bonchev–Trinajstić information content (AvgIpc) is 3.44. The number of nitrogens with one attached hydrogen (secondary N) is 1. The lowest BCUT2D eigenvalue weighted by Crippen LogP contribution is -2.40. The van der Waals surface area contributed by atoms with E-state index in [-0.39, 0.29) is 42.7 Å². The van der Waals surface area contributed by atoms with E-state index in [1.165, 1.54) is 21.7 Å². The SMILES string of the molecule is Cc1ccc(NC(=O)CCn2nc(-c3cccs3)oc2=O)cc1S(=O)(=O)N1CCOCC1. The molecule has 12 heteroatoms. The number of morpholine rings is 1. The third-order valence-corrected chi connectivity index (χ3v) is 7.85. The zero-order valence-corrected chi connectivity index (χ0v) is 18.9. The molecule has 0 spiro atoms. The predicted octanol–water partition coefficient (Wildman–Crippen LogP) is 1.92. The summed E-state index contributed by atoms with van der Waals surface area (Å²) in [5.41, 5.74) is 0.948. The predicted molar refractivity (Wildman–Crippen MR) is 118 cm³/mol. The highest BCUT2D eigenvalue weighted by Crippen LogP contribution is 2.25. The topological polar surface area (TPSA) is 124 Å². The molecule has 0 saturated carbocycles. The molecule has 1 aromatic carbocycles. The summed E-state index contributed by atoms with van der Waals surface area (Å²) in [7, 11) is -3.70. The molecule has 1 saturated heterocycles. The van der Waals surface area contributed by atoms with Gasteiger partial charge in [-0.3, -0.25) is 4.79 Å². The highest BCUT2D eigenvalue weighted by Gasteiger charge is 2.28. The van der Waals surface area contributed by atoms with Gasteiger partial charge in [-0.05, 0) is 36.1 Å². The molecule has 1 aliphatic rings. The Hall–Kier alpha value is -2.80. The van der Waals surface area contributed by atoms with Gasteiger partial charge >= 0.3 is 5.76 Å². The normalized spacial score (nSPS) is 15.0. The van der Waals surface area contributed by atoms with Gasteiger partial charge in [0.25, 0.3) is 5.89 Å². The van der Waals surface area contributed by atoms with Crippen LogP contribution in [0.5, 0.6) is 0 Å². The lowest BCUT2D eigenvalue weighted by Gasteiger charge is -2.26. The molecule has 1 amide bonds. The molecule has 3 aromatic rings. The number of hydrogen-bond donors (Lipinski definition) is 1. The first-order valence-electron chi connectivity index (χ1n) is 9.95. The van der Waals surface area contributed by atoms with Gasteiger partial charge in [0.1, 0.15) is 0 Å². The summed E-state index contributed by atoms with van der Waals surface area (Å²) >= 11 is 1.39. The van der Waals surface area contributed by atoms with E-state index in [1.807, 2.05) is 11.4 Å². The number of rotatable bonds is 7. The number of carbonyl (C=O) groups is 1. The van der Waals surface area contributed by atoms with Crippen molar-refractivity contribution in [2.45, 2.75) is 24.8 Å². The van der Waals surface area contributed by atoms with Crippen molar-refractivity contribution < 1.29 is 22.4 Å². The molecule has 1 fully saturated rings. The van der Waals surface area contributed by atoms with Crippen LogP contribution in [0.15, 0.2) is 49.8 Å². The van der Waals surface area contributed by atoms with E-state index in [0.29, 0.717) is 24.5 Å². The fourth-order valence-electron chi connectivity index (χ4n) is 3.26. The Labute approximate surface area is 188 Å². The minimum absolute atomic E-state index is 0.0320. The Morgan fingerprint density at radius 1 is 1.25 bits per heavy atom. The van der Waals surface area contributed by atoms with Gasteiger partial charge in [-0.15, -0.1) is 16.4 Å². The van der Waals surface area contributed by atoms with E-state index in [4.69, 9.17) is 9.15 Å². The third kappa shape index (κ3) is 4.83. The largest absolute Gasteiger partial charge is 0.437 e. The van der Waals surface area contributed by atoms with Crippen LogP contribution < -0.4 is 11.1 Å². The van der Waals surface area contributed by atoms with Crippen LogP contribution in [0.4, 0.5) is 5.69 Å². The van der Waals surface area contributed by atoms with Crippen molar-refractivity contribution in [2.75, 3.05) is 31.6 Å². The summed E-state index contributed by atoms with van der Waals surface area (Å²) in [6.45, 7) is 3.02. The van der Waals surface area contributed by atoms with Gasteiger partial charge in [-0.25, -0.2) is 13.2 Å². The average molecular weight is 479 g/mol. The molecule has 3 heterocycles. The fourth-order valence-corrected chi connectivity index (χ4v) is 5.56. The number of benzene rings is 1. The number of hydrogen-bond acceptors (Lipinski definition) is 8. The lowest BCUT2D eigenvalue weighted by molar-refractivity contribution is -0.116. The Morgan fingerprint density at radius 2 is 2.03 bits per heavy atom. The molecule has 32 heavy (non-hydrogen) atoms. The van der Waals surface area contributed by atoms with Crippen LogP contribution in [-0.2, 0) is 26.1 Å². The molecule has 1 N–H and O–H groups in total. The minimum atomic E-state index is -3.70. The van der Waals surface area contributed by atoms with Crippen molar-refractivity contribution in [3.05, 3.63) is 51.8 Å². The van der Waals surface area contributed by atoms with Crippen LogP contribution in [0.25, 0.3) is 10.8 Å². The van der Waals surface area contributed by atoms with Crippen LogP contribution in [-0.4, -0.2) is 54.7 Å². The molecular formula is C20H22N4O6S2. The molecule has 1 aliphatic heterocycles. The first kappa shape index (κ1) is 22.4. The number of anilines is 1. The highest BCUT2D eigenvalue weighted by molar-refractivity contribution is 7.89. The van der Waals surface area contributed by atoms with Gasteiger partial charge in [-0.2, -0.15) is 8.99 Å². The molecule has 4 rings (SSSR count). The molecular weight excluding hydrogens is 456 g/mol. The van der Waals surface area contributed by atoms with E-state index in [1.54, 1.807) is 25.1 Å². The van der Waals surface area contributed by atoms with E-state index in [2.05, 4.69) is 10.4 Å². The van der Waals surface area contributed by atoms with Crippen LogP contribution in [0.3, 0.4) is 0 Å². The molecule has 2 aromatic heterocycles. The van der Waals surface area contributed by atoms with Crippen LogP contribution in [0.1, 0.15) is 12.0 Å². The van der Waals surface area contributed by atoms with E-state index in [9.17, 15) is 18.0 Å². The van der Waals surface area contributed by atoms with Gasteiger partial charge in [0.05, 0.1) is 29.5 Å². The smallest absolute Gasteiger partial charge is 0.387 e. The summed E-state index contributed by atoms with van der Waals surface area (Å²) in [6, 6.07) is 8.35. The van der Waals surface area contributed by atoms with Gasteiger partial charge in [0, 0.05) is 25.2 Å². The molecule has 0 bridgehead atoms. The van der Waals surface area contributed by atoms with E-state index in [0.717, 1.165) is 9.56 Å². The number of amides is 1. The van der Waals surface area contributed by atoms with Crippen molar-refractivity contribution in [2.24, 2.45) is 0 Å². The van der Waals surface area contributed by atoms with Gasteiger partial charge in [0.2, 0.25) is 15.9 Å². The summed E-state index contributed by atoms with van der Waals surface area (Å²) in [6.07, 6.45) is -0.0320. The van der Waals surface area contributed by atoms with Gasteiger partial charge in [-0.1, -0.05) is 12.1 Å². The van der Waals surface area contributed by atoms with Crippen LogP contribution >= 0.6 is 11.3 Å². The monoisotopic (exact) mass is 478 g/mol. The molecule has 0 atom stereocenters. The Morgan fingerprint density at radius 3 is 2.75 bits per heavy atom. The van der Waals surface area contributed by atoms with Crippen LogP contribution in [0, 0.1) is 6.92 Å². The molecule has 170 valence electrons. The summed E-state index contributed by atoms with van der Waals surface area (Å²) in [4.78, 5) is 25.3. The van der Waals surface area contributed by atoms with Crippen molar-refractivity contribution in [1.29, 1.82) is 0 Å². The highest BCUT2D eigenvalue weighted by atomic mass is 32.2. The number of nitrogens with zero attached hydrogens (tertiary/aromatic N) is 3. The number of sulfonamides is 1. The van der Waals surface area contributed by atoms with E-state index < -0.39 is 15.8 Å². The minimum Gasteiger partial charge on any atom is -0.387 e. The third-order valence-electron chi connectivity index (χ3n) is 4.95. The van der Waals surface area contributed by atoms with Crippen molar-refractivity contribution in [1.82, 2.24) is 14.1 Å². The zero-order chi connectivity index (χ0) is 22.7. The van der Waals surface area contributed by atoms with Crippen molar-refractivity contribution in [3.63, 3.8) is 0 Å². The van der Waals surface area contributed by atoms with E-state index >= 15 is 0 Å². The fraction of sp³-hybridized carbons (Fsp3) is 0.350. The quantitative estimate of drug-likeness (QED) is 0.550. The van der Waals surface area contributed by atoms with Gasteiger partial charge in [0.15, 0.2) is 0 Å². The Balaban J connectivity index is 1.43. The second-order valence-electron chi connectivity index (χ2n) is 7.17. The standard InChI is InChI=1S/C20H22N4O6S2/c1-14-4-5-15(13-17(14)32(27,28)23-8-10-29-11-9-23)21-18(25)6-7-24-20(26)30-19(22-24)16-3-2-12-31-16/h2-5,12-13H,6-11H2,1H3,(H,21,25). The lowest BCUT2D eigenvalue weighted by atomic mass is 10.2.